The van der Waals surface area contributed by atoms with Gasteiger partial charge in [-0.2, -0.15) is 5.10 Å². The second kappa shape index (κ2) is 9.64. The summed E-state index contributed by atoms with van der Waals surface area (Å²) in [5.74, 6) is 1.85. The van der Waals surface area contributed by atoms with Gasteiger partial charge in [-0.05, 0) is 44.0 Å². The van der Waals surface area contributed by atoms with Crippen molar-refractivity contribution in [2.45, 2.75) is 20.8 Å². The van der Waals surface area contributed by atoms with Crippen molar-refractivity contribution in [2.24, 2.45) is 5.10 Å². The molecule has 7 heteroatoms. The van der Waals surface area contributed by atoms with Gasteiger partial charge in [0.15, 0.2) is 18.1 Å². The van der Waals surface area contributed by atoms with Crippen molar-refractivity contribution in [3.63, 3.8) is 0 Å². The van der Waals surface area contributed by atoms with Crippen LogP contribution >= 0.6 is 0 Å². The number of hydrazone groups is 1. The fourth-order valence-electron chi connectivity index (χ4n) is 2.92. The van der Waals surface area contributed by atoms with Crippen molar-refractivity contribution < 1.29 is 23.7 Å². The van der Waals surface area contributed by atoms with Crippen molar-refractivity contribution in [1.82, 2.24) is 5.43 Å². The molecule has 2 aromatic carbocycles. The zero-order chi connectivity index (χ0) is 20.7. The molecule has 0 fully saturated rings. The zero-order valence-electron chi connectivity index (χ0n) is 17.1. The quantitative estimate of drug-likeness (QED) is 0.557. The summed E-state index contributed by atoms with van der Waals surface area (Å²) in [7, 11) is 4.60. The highest BCUT2D eigenvalue weighted by atomic mass is 16.5. The number of nitrogens with zero attached hydrogens (tertiary/aromatic N) is 1. The van der Waals surface area contributed by atoms with Crippen LogP contribution in [0.15, 0.2) is 29.4 Å². The smallest absolute Gasteiger partial charge is 0.277 e. The monoisotopic (exact) mass is 386 g/mol. The van der Waals surface area contributed by atoms with Crippen molar-refractivity contribution in [3.05, 3.63) is 46.5 Å². The van der Waals surface area contributed by atoms with E-state index < -0.39 is 0 Å². The van der Waals surface area contributed by atoms with E-state index in [4.69, 9.17) is 18.9 Å². The summed E-state index contributed by atoms with van der Waals surface area (Å²) in [6.07, 6.45) is 1.49. The fourth-order valence-corrected chi connectivity index (χ4v) is 2.92. The third kappa shape index (κ3) is 5.16. The normalized spacial score (nSPS) is 10.6. The fraction of sp³-hybridized carbons (Fsp3) is 0.333. The van der Waals surface area contributed by atoms with Gasteiger partial charge in [0.25, 0.3) is 5.91 Å². The number of ether oxygens (including phenoxy) is 4. The number of nitrogens with one attached hydrogen (secondary N) is 1. The number of aryl methyl sites for hydroxylation is 3. The highest BCUT2D eigenvalue weighted by Gasteiger charge is 2.12. The Labute approximate surface area is 165 Å². The number of methoxy groups -OCH3 is 3. The Balaban J connectivity index is 2.00. The largest absolute Gasteiger partial charge is 0.493 e. The van der Waals surface area contributed by atoms with E-state index >= 15 is 0 Å². The predicted molar refractivity (Wildman–Crippen MR) is 108 cm³/mol. The van der Waals surface area contributed by atoms with Crippen molar-refractivity contribution in [3.8, 4) is 23.0 Å². The number of hydrogen-bond acceptors (Lipinski definition) is 6. The average Bonchev–Trinajstić information content (AvgIpc) is 2.66. The van der Waals surface area contributed by atoms with Gasteiger partial charge in [0.1, 0.15) is 5.75 Å². The van der Waals surface area contributed by atoms with Crippen LogP contribution in [-0.4, -0.2) is 40.1 Å². The van der Waals surface area contributed by atoms with Gasteiger partial charge in [0, 0.05) is 5.56 Å². The number of hydrogen-bond donors (Lipinski definition) is 1. The molecular formula is C21H26N2O5. The number of carbonyl (C=O) groups is 1. The molecule has 2 aromatic rings. The molecule has 0 bridgehead atoms. The van der Waals surface area contributed by atoms with Crippen LogP contribution in [0.1, 0.15) is 22.3 Å². The molecule has 0 aliphatic heterocycles. The Bertz CT molecular complexity index is 829. The topological polar surface area (TPSA) is 78.4 Å². The average molecular weight is 386 g/mol. The molecule has 0 unspecified atom stereocenters. The lowest BCUT2D eigenvalue weighted by Crippen LogP contribution is -2.25. The van der Waals surface area contributed by atoms with Gasteiger partial charge in [0.2, 0.25) is 5.75 Å². The maximum Gasteiger partial charge on any atom is 0.277 e. The molecule has 0 radical (unpaired) electrons. The standard InChI is InChI=1S/C21H26N2O5/c1-13-7-14(2)20(15(3)8-13)28-12-19(24)23-22-11-16-9-17(25-4)21(27-6)18(10-16)26-5/h7-11H,12H2,1-6H3,(H,23,24). The summed E-state index contributed by atoms with van der Waals surface area (Å²) < 4.78 is 21.5. The minimum Gasteiger partial charge on any atom is -0.493 e. The van der Waals surface area contributed by atoms with Crippen molar-refractivity contribution in [1.29, 1.82) is 0 Å². The van der Waals surface area contributed by atoms with E-state index in [0.717, 1.165) is 16.7 Å². The Morgan fingerprint density at radius 3 is 2.00 bits per heavy atom. The van der Waals surface area contributed by atoms with Crippen LogP contribution in [0, 0.1) is 20.8 Å². The SMILES string of the molecule is COc1cc(C=NNC(=O)COc2c(C)cc(C)cc2C)cc(OC)c1OC. The van der Waals surface area contributed by atoms with E-state index in [0.29, 0.717) is 28.6 Å². The molecule has 1 N–H and O–H groups in total. The van der Waals surface area contributed by atoms with Crippen LogP contribution in [0.4, 0.5) is 0 Å². The van der Waals surface area contributed by atoms with E-state index in [1.807, 2.05) is 32.9 Å². The second-order valence-electron chi connectivity index (χ2n) is 6.27. The Morgan fingerprint density at radius 2 is 1.50 bits per heavy atom. The summed E-state index contributed by atoms with van der Waals surface area (Å²) in [6.45, 7) is 5.80. The lowest BCUT2D eigenvalue weighted by molar-refractivity contribution is -0.123. The first-order chi connectivity index (χ1) is 13.4. The van der Waals surface area contributed by atoms with Gasteiger partial charge in [-0.1, -0.05) is 17.7 Å². The van der Waals surface area contributed by atoms with Gasteiger partial charge >= 0.3 is 0 Å². The third-order valence-electron chi connectivity index (χ3n) is 4.04. The zero-order valence-corrected chi connectivity index (χ0v) is 17.1. The molecule has 0 saturated heterocycles. The summed E-state index contributed by atoms with van der Waals surface area (Å²) >= 11 is 0. The van der Waals surface area contributed by atoms with Gasteiger partial charge in [-0.3, -0.25) is 4.79 Å². The molecule has 2 rings (SSSR count). The second-order valence-corrected chi connectivity index (χ2v) is 6.27. The molecule has 0 saturated carbocycles. The molecule has 0 atom stereocenters. The molecule has 150 valence electrons. The number of carbonyl (C=O) groups excluding carboxylic acids is 1. The van der Waals surface area contributed by atoms with E-state index in [1.54, 1.807) is 12.1 Å². The minimum absolute atomic E-state index is 0.128. The van der Waals surface area contributed by atoms with E-state index in [2.05, 4.69) is 10.5 Å². The van der Waals surface area contributed by atoms with E-state index in [-0.39, 0.29) is 12.5 Å². The molecule has 0 heterocycles. The Hall–Kier alpha value is -3.22. The third-order valence-corrected chi connectivity index (χ3v) is 4.04. The van der Waals surface area contributed by atoms with Crippen LogP contribution in [0.5, 0.6) is 23.0 Å². The van der Waals surface area contributed by atoms with Crippen LogP contribution < -0.4 is 24.4 Å². The Kier molecular flexibility index (Phi) is 7.26. The summed E-state index contributed by atoms with van der Waals surface area (Å²) in [5, 5.41) is 3.96. The van der Waals surface area contributed by atoms with Crippen LogP contribution in [0.3, 0.4) is 0 Å². The van der Waals surface area contributed by atoms with Gasteiger partial charge in [0.05, 0.1) is 27.5 Å². The molecule has 1 amide bonds. The maximum atomic E-state index is 12.0. The lowest BCUT2D eigenvalue weighted by atomic mass is 10.1. The maximum absolute atomic E-state index is 12.0. The van der Waals surface area contributed by atoms with E-state index in [9.17, 15) is 4.79 Å². The van der Waals surface area contributed by atoms with Crippen molar-refractivity contribution in [2.75, 3.05) is 27.9 Å². The molecule has 0 aliphatic rings. The molecule has 0 aromatic heterocycles. The lowest BCUT2D eigenvalue weighted by Gasteiger charge is -2.13. The van der Waals surface area contributed by atoms with E-state index in [1.165, 1.54) is 27.5 Å². The minimum atomic E-state index is -0.358. The van der Waals surface area contributed by atoms with Crippen LogP contribution in [0.2, 0.25) is 0 Å². The Morgan fingerprint density at radius 1 is 0.929 bits per heavy atom. The summed E-state index contributed by atoms with van der Waals surface area (Å²) in [4.78, 5) is 12.0. The molecule has 7 nitrogen and oxygen atoms in total. The van der Waals surface area contributed by atoms with Crippen LogP contribution in [0.25, 0.3) is 0 Å². The number of rotatable bonds is 8. The first kappa shape index (κ1) is 21.1. The molecule has 0 spiro atoms. The predicted octanol–water partition coefficient (Wildman–Crippen LogP) is 3.17. The van der Waals surface area contributed by atoms with Crippen LogP contribution in [-0.2, 0) is 4.79 Å². The first-order valence-electron chi connectivity index (χ1n) is 8.72. The van der Waals surface area contributed by atoms with Gasteiger partial charge in [-0.25, -0.2) is 5.43 Å². The number of benzene rings is 2. The van der Waals surface area contributed by atoms with Crippen molar-refractivity contribution >= 4 is 12.1 Å². The molecule has 0 aliphatic carbocycles. The molecular weight excluding hydrogens is 360 g/mol. The summed E-state index contributed by atoms with van der Waals surface area (Å²) in [6, 6.07) is 7.49. The highest BCUT2D eigenvalue weighted by Crippen LogP contribution is 2.37. The molecule has 28 heavy (non-hydrogen) atoms. The highest BCUT2D eigenvalue weighted by molar-refractivity contribution is 5.84. The summed E-state index contributed by atoms with van der Waals surface area (Å²) in [5.41, 5.74) is 6.27. The number of amides is 1. The van der Waals surface area contributed by atoms with Gasteiger partial charge < -0.3 is 18.9 Å². The van der Waals surface area contributed by atoms with Gasteiger partial charge in [-0.15, -0.1) is 0 Å². The first-order valence-corrected chi connectivity index (χ1v) is 8.72.